The van der Waals surface area contributed by atoms with Crippen molar-refractivity contribution in [2.45, 2.75) is 43.4 Å². The van der Waals surface area contributed by atoms with Crippen molar-refractivity contribution in [1.82, 2.24) is 4.90 Å². The summed E-state index contributed by atoms with van der Waals surface area (Å²) in [5.74, 6) is 0.917. The predicted molar refractivity (Wildman–Crippen MR) is 165 cm³/mol. The lowest BCUT2D eigenvalue weighted by molar-refractivity contribution is -0.0199. The maximum absolute atomic E-state index is 11.8. The van der Waals surface area contributed by atoms with E-state index in [1.165, 1.54) is 26.8 Å². The van der Waals surface area contributed by atoms with Gasteiger partial charge in [0.25, 0.3) is 0 Å². The van der Waals surface area contributed by atoms with Gasteiger partial charge < -0.3 is 24.2 Å². The molecule has 0 saturated carbocycles. The molecule has 6 nitrogen and oxygen atoms in total. The van der Waals surface area contributed by atoms with E-state index < -0.39 is 6.09 Å². The summed E-state index contributed by atoms with van der Waals surface area (Å²) in [5.41, 5.74) is 4.62. The number of piperidine rings is 1. The largest absolute Gasteiger partial charge is 0.494 e. The van der Waals surface area contributed by atoms with Gasteiger partial charge in [0.1, 0.15) is 5.75 Å². The number of carbonyl (C=O) groups is 1. The number of benzene rings is 4. The third-order valence-electron chi connectivity index (χ3n) is 7.60. The molecule has 0 aromatic heterocycles. The first-order valence-electron chi connectivity index (χ1n) is 14.1. The van der Waals surface area contributed by atoms with Gasteiger partial charge in [0.2, 0.25) is 0 Å². The molecule has 0 aliphatic carbocycles. The number of amides is 1. The quantitative estimate of drug-likeness (QED) is 0.130. The molecule has 1 saturated heterocycles. The summed E-state index contributed by atoms with van der Waals surface area (Å²) in [7, 11) is 0. The Morgan fingerprint density at radius 2 is 1.73 bits per heavy atom. The molecule has 0 radical (unpaired) electrons. The lowest BCUT2D eigenvalue weighted by atomic mass is 9.87. The summed E-state index contributed by atoms with van der Waals surface area (Å²) >= 11 is 3.59. The van der Waals surface area contributed by atoms with Gasteiger partial charge in [-0.25, -0.2) is 4.79 Å². The molecular formula is C34H36BrNO5. The standard InChI is InChI=1S/C34H36BrNO5/c35-21-29-9-4-8-27-11-10-26(20-32(27)29)24-41-33-22-36(34(37)38)17-16-31(33)28-12-14-30(15-13-28)40-19-5-18-39-23-25-6-2-1-3-7-25/h1-4,6-15,20,31,33H,5,16-19,21-24H2,(H,37,38). The molecule has 41 heavy (non-hydrogen) atoms. The van der Waals surface area contributed by atoms with Crippen LogP contribution in [0.1, 0.15) is 41.0 Å². The highest BCUT2D eigenvalue weighted by atomic mass is 79.9. The first-order valence-corrected chi connectivity index (χ1v) is 15.2. The number of ether oxygens (including phenoxy) is 3. The van der Waals surface area contributed by atoms with Gasteiger partial charge in [-0.15, -0.1) is 0 Å². The summed E-state index contributed by atoms with van der Waals surface area (Å²) in [6.45, 7) is 3.10. The summed E-state index contributed by atoms with van der Waals surface area (Å²) in [4.78, 5) is 13.2. The van der Waals surface area contributed by atoms with E-state index in [1.807, 2.05) is 30.3 Å². The number of carboxylic acid groups (broad SMARTS) is 1. The van der Waals surface area contributed by atoms with Gasteiger partial charge >= 0.3 is 6.09 Å². The van der Waals surface area contributed by atoms with Crippen LogP contribution >= 0.6 is 15.9 Å². The molecule has 1 fully saturated rings. The fraction of sp³-hybridized carbons (Fsp3) is 0.324. The summed E-state index contributed by atoms with van der Waals surface area (Å²) in [5, 5.41) is 12.8. The molecule has 1 N–H and O–H groups in total. The molecule has 1 amide bonds. The highest BCUT2D eigenvalue weighted by Crippen LogP contribution is 2.33. The van der Waals surface area contributed by atoms with Crippen LogP contribution in [-0.4, -0.2) is 48.5 Å². The number of likely N-dealkylation sites (tertiary alicyclic amines) is 1. The van der Waals surface area contributed by atoms with Crippen LogP contribution in [0.5, 0.6) is 5.75 Å². The molecule has 4 aromatic rings. The molecule has 214 valence electrons. The van der Waals surface area contributed by atoms with Crippen molar-refractivity contribution in [3.8, 4) is 5.75 Å². The molecule has 1 heterocycles. The zero-order valence-electron chi connectivity index (χ0n) is 23.1. The molecule has 2 unspecified atom stereocenters. The lowest BCUT2D eigenvalue weighted by Crippen LogP contribution is -2.46. The van der Waals surface area contributed by atoms with Gasteiger partial charge in [0.05, 0.1) is 39.1 Å². The average molecular weight is 619 g/mol. The Balaban J connectivity index is 1.17. The molecule has 2 atom stereocenters. The SMILES string of the molecule is O=C(O)N1CCC(c2ccc(OCCCOCc3ccccc3)cc2)C(OCc2ccc3cccc(CBr)c3c2)C1. The van der Waals surface area contributed by atoms with E-state index in [0.717, 1.165) is 28.6 Å². The Bertz CT molecular complexity index is 1410. The number of hydrogen-bond acceptors (Lipinski definition) is 4. The number of nitrogens with zero attached hydrogens (tertiary/aromatic N) is 1. The summed E-state index contributed by atoms with van der Waals surface area (Å²) < 4.78 is 18.1. The van der Waals surface area contributed by atoms with Crippen molar-refractivity contribution in [2.75, 3.05) is 26.3 Å². The zero-order valence-corrected chi connectivity index (χ0v) is 24.7. The van der Waals surface area contributed by atoms with Gasteiger partial charge in [-0.1, -0.05) is 88.7 Å². The highest BCUT2D eigenvalue weighted by molar-refractivity contribution is 9.08. The van der Waals surface area contributed by atoms with Gasteiger partial charge in [0.15, 0.2) is 0 Å². The van der Waals surface area contributed by atoms with Gasteiger partial charge in [-0.3, -0.25) is 0 Å². The maximum atomic E-state index is 11.8. The van der Waals surface area contributed by atoms with Crippen molar-refractivity contribution in [2.24, 2.45) is 0 Å². The Labute approximate surface area is 250 Å². The lowest BCUT2D eigenvalue weighted by Gasteiger charge is -2.37. The summed E-state index contributed by atoms with van der Waals surface area (Å²) in [6.07, 6.45) is 0.377. The molecule has 0 bridgehead atoms. The fourth-order valence-corrected chi connectivity index (χ4v) is 5.85. The second kappa shape index (κ2) is 14.5. The number of fused-ring (bicyclic) bond motifs is 1. The van der Waals surface area contributed by atoms with Crippen LogP contribution in [-0.2, 0) is 28.0 Å². The minimum Gasteiger partial charge on any atom is -0.494 e. The van der Waals surface area contributed by atoms with Crippen LogP contribution in [0.2, 0.25) is 0 Å². The summed E-state index contributed by atoms with van der Waals surface area (Å²) in [6, 6.07) is 31.0. The van der Waals surface area contributed by atoms with Crippen LogP contribution in [0, 0.1) is 0 Å². The molecule has 5 rings (SSSR count). The number of rotatable bonds is 12. The predicted octanol–water partition coefficient (Wildman–Crippen LogP) is 7.77. The minimum absolute atomic E-state index is 0.101. The van der Waals surface area contributed by atoms with Crippen molar-refractivity contribution < 1.29 is 24.1 Å². The first kappa shape index (κ1) is 29.1. The Hall–Kier alpha value is -3.39. The normalized spacial score (nSPS) is 17.0. The minimum atomic E-state index is -0.902. The molecule has 0 spiro atoms. The van der Waals surface area contributed by atoms with E-state index >= 15 is 0 Å². The Morgan fingerprint density at radius 1 is 0.902 bits per heavy atom. The van der Waals surface area contributed by atoms with Gasteiger partial charge in [-0.05, 0) is 57.6 Å². The van der Waals surface area contributed by atoms with Crippen LogP contribution in [0.25, 0.3) is 10.8 Å². The Kier molecular flexibility index (Phi) is 10.3. The molecule has 7 heteroatoms. The van der Waals surface area contributed by atoms with E-state index in [0.29, 0.717) is 45.9 Å². The third kappa shape index (κ3) is 7.88. The van der Waals surface area contributed by atoms with Gasteiger partial charge in [-0.2, -0.15) is 0 Å². The monoisotopic (exact) mass is 617 g/mol. The van der Waals surface area contributed by atoms with Gasteiger partial charge in [0, 0.05) is 24.2 Å². The maximum Gasteiger partial charge on any atom is 0.407 e. The van der Waals surface area contributed by atoms with E-state index in [-0.39, 0.29) is 12.0 Å². The van der Waals surface area contributed by atoms with Crippen molar-refractivity contribution in [3.05, 3.63) is 113 Å². The van der Waals surface area contributed by atoms with Crippen molar-refractivity contribution in [3.63, 3.8) is 0 Å². The smallest absolute Gasteiger partial charge is 0.407 e. The van der Waals surface area contributed by atoms with E-state index in [2.05, 4.69) is 76.6 Å². The van der Waals surface area contributed by atoms with Crippen LogP contribution in [0.3, 0.4) is 0 Å². The van der Waals surface area contributed by atoms with E-state index in [9.17, 15) is 9.90 Å². The van der Waals surface area contributed by atoms with Crippen molar-refractivity contribution >= 4 is 32.8 Å². The topological polar surface area (TPSA) is 68.2 Å². The van der Waals surface area contributed by atoms with Crippen LogP contribution in [0.15, 0.2) is 91.0 Å². The number of alkyl halides is 1. The second-order valence-electron chi connectivity index (χ2n) is 10.4. The average Bonchev–Trinajstić information content (AvgIpc) is 3.02. The molecule has 4 aromatic carbocycles. The third-order valence-corrected chi connectivity index (χ3v) is 8.20. The second-order valence-corrected chi connectivity index (χ2v) is 10.9. The van der Waals surface area contributed by atoms with E-state index in [4.69, 9.17) is 14.2 Å². The fourth-order valence-electron chi connectivity index (χ4n) is 5.36. The van der Waals surface area contributed by atoms with Crippen LogP contribution in [0.4, 0.5) is 4.79 Å². The molecular weight excluding hydrogens is 582 g/mol. The zero-order chi connectivity index (χ0) is 28.4. The number of hydrogen-bond donors (Lipinski definition) is 1. The van der Waals surface area contributed by atoms with Crippen LogP contribution < -0.4 is 4.74 Å². The van der Waals surface area contributed by atoms with Crippen molar-refractivity contribution in [1.29, 1.82) is 0 Å². The Morgan fingerprint density at radius 3 is 2.51 bits per heavy atom. The molecule has 1 aliphatic heterocycles. The van der Waals surface area contributed by atoms with E-state index in [1.54, 1.807) is 0 Å². The molecule has 1 aliphatic rings. The first-order chi connectivity index (χ1) is 20.1. The number of halogens is 1. The highest BCUT2D eigenvalue weighted by Gasteiger charge is 2.33.